The first-order chi connectivity index (χ1) is 14.7. The zero-order valence-corrected chi connectivity index (χ0v) is 17.4. The minimum atomic E-state index is -5.17. The second-order valence-corrected chi connectivity index (χ2v) is 8.91. The Morgan fingerprint density at radius 1 is 1.25 bits per heavy atom. The predicted octanol–water partition coefficient (Wildman–Crippen LogP) is 3.62. The van der Waals surface area contributed by atoms with Gasteiger partial charge in [0.1, 0.15) is 22.8 Å². The van der Waals surface area contributed by atoms with Gasteiger partial charge in [-0.25, -0.2) is 0 Å². The summed E-state index contributed by atoms with van der Waals surface area (Å²) in [6.07, 6.45) is -9.07. The Hall–Kier alpha value is -2.48. The van der Waals surface area contributed by atoms with Crippen LogP contribution < -0.4 is 0 Å². The van der Waals surface area contributed by atoms with Crippen molar-refractivity contribution in [2.75, 3.05) is 6.61 Å². The number of hydrogen-bond donors (Lipinski definition) is 0. The number of rotatable bonds is 1. The average Bonchev–Trinajstić information content (AvgIpc) is 3.31. The highest BCUT2D eigenvalue weighted by Gasteiger charge is 2.56. The predicted molar refractivity (Wildman–Crippen MR) is 96.6 cm³/mol. The molecule has 2 aliphatic heterocycles. The van der Waals surface area contributed by atoms with Crippen molar-refractivity contribution in [3.8, 4) is 0 Å². The zero-order valence-electron chi connectivity index (χ0n) is 16.6. The highest BCUT2D eigenvalue weighted by molar-refractivity contribution is 7.12. The van der Waals surface area contributed by atoms with Crippen LogP contribution in [0.15, 0.2) is 12.3 Å². The van der Waals surface area contributed by atoms with Gasteiger partial charge >= 0.3 is 18.3 Å². The number of likely N-dealkylation sites (tertiary alicyclic amines) is 1. The van der Waals surface area contributed by atoms with Crippen molar-refractivity contribution in [3.05, 3.63) is 33.3 Å². The molecule has 2 aromatic rings. The number of alkyl halides is 6. The lowest BCUT2D eigenvalue weighted by atomic mass is 9.77. The number of piperidine rings is 1. The lowest BCUT2D eigenvalue weighted by molar-refractivity contribution is -0.200. The molecule has 0 aliphatic carbocycles. The van der Waals surface area contributed by atoms with E-state index in [-0.39, 0.29) is 29.0 Å². The molecule has 2 aliphatic rings. The van der Waals surface area contributed by atoms with Crippen LogP contribution in [0.5, 0.6) is 0 Å². The average molecular weight is 482 g/mol. The van der Waals surface area contributed by atoms with Crippen molar-refractivity contribution in [2.24, 2.45) is 7.05 Å². The number of carbonyl (C=O) groups excluding carboxylic acids is 2. The van der Waals surface area contributed by atoms with Crippen LogP contribution in [0.4, 0.5) is 26.3 Å². The van der Waals surface area contributed by atoms with Crippen molar-refractivity contribution >= 4 is 23.0 Å². The van der Waals surface area contributed by atoms with E-state index in [0.29, 0.717) is 16.2 Å². The molecular weight excluding hydrogens is 466 g/mol. The number of ether oxygens (including phenoxy) is 1. The third-order valence-electron chi connectivity index (χ3n) is 5.60. The molecule has 1 spiro atoms. The van der Waals surface area contributed by atoms with Gasteiger partial charge in [-0.3, -0.25) is 14.3 Å². The summed E-state index contributed by atoms with van der Waals surface area (Å²) < 4.78 is 87.0. The third-order valence-corrected chi connectivity index (χ3v) is 6.97. The van der Waals surface area contributed by atoms with E-state index < -0.39 is 53.2 Å². The lowest BCUT2D eigenvalue weighted by Crippen LogP contribution is -2.56. The molecule has 3 atom stereocenters. The number of aryl methyl sites for hydroxylation is 1. The number of hydrogen-bond acceptors (Lipinski definition) is 6. The Morgan fingerprint density at radius 3 is 2.50 bits per heavy atom. The van der Waals surface area contributed by atoms with Gasteiger partial charge in [0, 0.05) is 36.4 Å². The van der Waals surface area contributed by atoms with Gasteiger partial charge in [-0.1, -0.05) is 5.21 Å². The number of Topliss-reactive ketones (excluding diaryl/α,β-unsaturated/α-hetero) is 1. The van der Waals surface area contributed by atoms with E-state index in [9.17, 15) is 35.9 Å². The van der Waals surface area contributed by atoms with Gasteiger partial charge in [-0.2, -0.15) is 26.3 Å². The summed E-state index contributed by atoms with van der Waals surface area (Å²) in [4.78, 5) is 24.1. The smallest absolute Gasteiger partial charge is 0.361 e. The van der Waals surface area contributed by atoms with Crippen LogP contribution in [-0.2, 0) is 28.4 Å². The van der Waals surface area contributed by atoms with Crippen molar-refractivity contribution in [1.82, 2.24) is 19.9 Å². The van der Waals surface area contributed by atoms with Crippen LogP contribution in [-0.4, -0.2) is 50.4 Å². The SMILES string of the molecule is C[C@H]1C[C@@]2(C[C@@H](c3cn(C)nn3)N1C(=O)C(F)(F)F)OCC(=O)c1cc(C(F)(F)F)sc12. The molecule has 0 aromatic carbocycles. The second kappa shape index (κ2) is 7.27. The summed E-state index contributed by atoms with van der Waals surface area (Å²) in [7, 11) is 1.48. The maximum Gasteiger partial charge on any atom is 0.471 e. The van der Waals surface area contributed by atoms with Gasteiger partial charge in [-0.15, -0.1) is 16.4 Å². The Kier molecular flexibility index (Phi) is 5.16. The summed E-state index contributed by atoms with van der Waals surface area (Å²) in [6, 6.07) is -1.61. The van der Waals surface area contributed by atoms with Crippen molar-refractivity contribution in [2.45, 2.75) is 49.8 Å². The van der Waals surface area contributed by atoms with Crippen LogP contribution in [0.3, 0.4) is 0 Å². The fourth-order valence-corrected chi connectivity index (χ4v) is 5.56. The number of halogens is 6. The number of fused-ring (bicyclic) bond motifs is 2. The number of thiophene rings is 1. The summed E-state index contributed by atoms with van der Waals surface area (Å²) >= 11 is 0.333. The van der Waals surface area contributed by atoms with E-state index in [1.807, 2.05) is 0 Å². The van der Waals surface area contributed by atoms with Gasteiger partial charge in [0.15, 0.2) is 5.78 Å². The first-order valence-electron chi connectivity index (χ1n) is 9.37. The van der Waals surface area contributed by atoms with Gasteiger partial charge in [0.25, 0.3) is 0 Å². The number of aromatic nitrogens is 3. The summed E-state index contributed by atoms with van der Waals surface area (Å²) in [5.74, 6) is -2.74. The fourth-order valence-electron chi connectivity index (χ4n) is 4.36. The highest BCUT2D eigenvalue weighted by atomic mass is 32.1. The molecule has 0 radical (unpaired) electrons. The maximum absolute atomic E-state index is 13.3. The molecule has 1 saturated heterocycles. The standard InChI is InChI=1S/C18H16F6N4O3S/c1-8-4-16(14-9(12(29)7-31-16)3-13(32-14)17(19,20)21)5-11(10-6-27(2)26-25-10)28(8)15(30)18(22,23)24/h3,6,8,11H,4-5,7H2,1-2H3/t8-,11-,16-/m0/s1. The monoisotopic (exact) mass is 482 g/mol. The van der Waals surface area contributed by atoms with E-state index in [1.54, 1.807) is 0 Å². The number of ketones is 1. The molecule has 0 unspecified atom stereocenters. The van der Waals surface area contributed by atoms with Gasteiger partial charge in [0.05, 0.1) is 12.2 Å². The quantitative estimate of drug-likeness (QED) is 0.581. The lowest BCUT2D eigenvalue weighted by Gasteiger charge is -2.50. The molecule has 1 fully saturated rings. The van der Waals surface area contributed by atoms with Crippen LogP contribution >= 0.6 is 11.3 Å². The number of carbonyl (C=O) groups is 2. The molecule has 14 heteroatoms. The molecule has 0 saturated carbocycles. The molecule has 2 aromatic heterocycles. The van der Waals surface area contributed by atoms with E-state index in [2.05, 4.69) is 10.3 Å². The van der Waals surface area contributed by atoms with Crippen LogP contribution in [0.25, 0.3) is 0 Å². The zero-order chi connectivity index (χ0) is 23.6. The van der Waals surface area contributed by atoms with E-state index in [1.165, 1.54) is 24.9 Å². The first kappa shape index (κ1) is 22.7. The first-order valence-corrected chi connectivity index (χ1v) is 10.2. The molecule has 7 nitrogen and oxygen atoms in total. The van der Waals surface area contributed by atoms with Crippen molar-refractivity contribution in [3.63, 3.8) is 0 Å². The molecule has 1 amide bonds. The molecule has 0 bridgehead atoms. The van der Waals surface area contributed by atoms with E-state index in [0.717, 1.165) is 6.07 Å². The molecule has 32 heavy (non-hydrogen) atoms. The van der Waals surface area contributed by atoms with E-state index >= 15 is 0 Å². The van der Waals surface area contributed by atoms with Crippen LogP contribution in [0.1, 0.15) is 51.6 Å². The number of nitrogens with zero attached hydrogens (tertiary/aromatic N) is 4. The van der Waals surface area contributed by atoms with Crippen molar-refractivity contribution < 1.29 is 40.7 Å². The Balaban J connectivity index is 1.83. The highest BCUT2D eigenvalue weighted by Crippen LogP contribution is 2.53. The van der Waals surface area contributed by atoms with Gasteiger partial charge in [-0.05, 0) is 13.0 Å². The largest absolute Gasteiger partial charge is 0.471 e. The molecule has 174 valence electrons. The topological polar surface area (TPSA) is 77.3 Å². The van der Waals surface area contributed by atoms with Crippen molar-refractivity contribution in [1.29, 1.82) is 0 Å². The Labute approximate surface area is 180 Å². The minimum absolute atomic E-state index is 0.000855. The summed E-state index contributed by atoms with van der Waals surface area (Å²) in [6.45, 7) is 0.833. The summed E-state index contributed by atoms with van der Waals surface area (Å²) in [5, 5.41) is 7.54. The van der Waals surface area contributed by atoms with E-state index in [4.69, 9.17) is 4.74 Å². The Bertz CT molecular complexity index is 1080. The normalized spacial score (nSPS) is 26.5. The maximum atomic E-state index is 13.3. The minimum Gasteiger partial charge on any atom is -0.361 e. The fraction of sp³-hybridized carbons (Fsp3) is 0.556. The van der Waals surface area contributed by atoms with Gasteiger partial charge < -0.3 is 9.64 Å². The Morgan fingerprint density at radius 2 is 1.94 bits per heavy atom. The van der Waals surface area contributed by atoms with Crippen LogP contribution in [0.2, 0.25) is 0 Å². The third kappa shape index (κ3) is 3.68. The summed E-state index contributed by atoms with van der Waals surface area (Å²) in [5.41, 5.74) is -1.61. The number of amides is 1. The second-order valence-electron chi connectivity index (χ2n) is 7.86. The molecule has 4 rings (SSSR count). The molecule has 4 heterocycles. The van der Waals surface area contributed by atoms with Gasteiger partial charge in [0.2, 0.25) is 0 Å². The molecule has 0 N–H and O–H groups in total. The molecular formula is C18H16F6N4O3S. The van der Waals surface area contributed by atoms with Crippen LogP contribution in [0, 0.1) is 0 Å².